The summed E-state index contributed by atoms with van der Waals surface area (Å²) in [5.74, 6) is 0.782. The summed E-state index contributed by atoms with van der Waals surface area (Å²) in [5.41, 5.74) is 1.11. The molecule has 0 unspecified atom stereocenters. The Bertz CT molecular complexity index is 240. The molecule has 0 aliphatic carbocycles. The highest BCUT2D eigenvalue weighted by atomic mass is 16.5. The molecule has 1 rings (SSSR count). The molecule has 0 spiro atoms. The third-order valence-electron chi connectivity index (χ3n) is 1.41. The van der Waals surface area contributed by atoms with Crippen molar-refractivity contribution in [3.05, 3.63) is 42.5 Å². The van der Waals surface area contributed by atoms with Crippen LogP contribution < -0.4 is 4.74 Å². The number of hydrogen-bond acceptors (Lipinski definition) is 1. The fourth-order valence-electron chi connectivity index (χ4n) is 0.887. The van der Waals surface area contributed by atoms with Crippen LogP contribution in [0.1, 0.15) is 5.56 Å². The second-order valence-corrected chi connectivity index (χ2v) is 2.24. The molecule has 0 amide bonds. The summed E-state index contributed by atoms with van der Waals surface area (Å²) in [4.78, 5) is 0. The zero-order chi connectivity index (χ0) is 8.10. The maximum Gasteiger partial charge on any atom is 0.127 e. The predicted molar refractivity (Wildman–Crippen MR) is 45.7 cm³/mol. The van der Waals surface area contributed by atoms with Crippen LogP contribution in [0.5, 0.6) is 5.75 Å². The third kappa shape index (κ3) is 2.11. The van der Waals surface area contributed by atoms with Crippen LogP contribution in [0.3, 0.4) is 0 Å². The minimum Gasteiger partial charge on any atom is -0.496 e. The van der Waals surface area contributed by atoms with Gasteiger partial charge in [0.05, 0.1) is 7.11 Å². The van der Waals surface area contributed by atoms with Gasteiger partial charge in [0.2, 0.25) is 0 Å². The Kier molecular flexibility index (Phi) is 2.73. The number of methoxy groups -OCH3 is 1. The predicted octanol–water partition coefficient (Wildman–Crippen LogP) is 2.22. The van der Waals surface area contributed by atoms with E-state index in [1.807, 2.05) is 24.3 Å². The van der Waals surface area contributed by atoms with E-state index in [1.54, 1.807) is 7.11 Å². The van der Waals surface area contributed by atoms with E-state index in [0.717, 1.165) is 17.7 Å². The molecule has 1 nitrogen and oxygen atoms in total. The van der Waals surface area contributed by atoms with E-state index in [1.165, 1.54) is 0 Å². The van der Waals surface area contributed by atoms with Crippen LogP contribution in [0.4, 0.5) is 0 Å². The van der Waals surface area contributed by atoms with Crippen LogP contribution in [0.2, 0.25) is 0 Å². The maximum absolute atomic E-state index is 5.01. The standard InChI is InChI=1S/C10H11O/c1-3-5-9-6-4-7-10(8-9)11-2/h3-4,6-7H,1,5H2,2H3. The van der Waals surface area contributed by atoms with E-state index >= 15 is 0 Å². The molecular weight excluding hydrogens is 136 g/mol. The summed E-state index contributed by atoms with van der Waals surface area (Å²) < 4.78 is 5.01. The Hall–Kier alpha value is -1.24. The monoisotopic (exact) mass is 147 g/mol. The Morgan fingerprint density at radius 3 is 3.09 bits per heavy atom. The van der Waals surface area contributed by atoms with Crippen LogP contribution in [-0.2, 0) is 6.42 Å². The molecule has 1 aromatic rings. The quantitative estimate of drug-likeness (QED) is 0.596. The van der Waals surface area contributed by atoms with Crippen molar-refractivity contribution in [2.45, 2.75) is 6.42 Å². The van der Waals surface area contributed by atoms with Crippen LogP contribution in [0.25, 0.3) is 0 Å². The molecule has 0 saturated carbocycles. The van der Waals surface area contributed by atoms with Gasteiger partial charge in [-0.25, -0.2) is 0 Å². The van der Waals surface area contributed by atoms with Gasteiger partial charge in [-0.2, -0.15) is 0 Å². The molecule has 1 radical (unpaired) electrons. The van der Waals surface area contributed by atoms with Crippen LogP contribution in [-0.4, -0.2) is 7.11 Å². The molecule has 0 N–H and O–H groups in total. The third-order valence-corrected chi connectivity index (χ3v) is 1.41. The Balaban J connectivity index is 2.82. The molecule has 0 atom stereocenters. The van der Waals surface area contributed by atoms with Gasteiger partial charge in [-0.05, 0) is 18.1 Å². The average molecular weight is 147 g/mol. The second-order valence-electron chi connectivity index (χ2n) is 2.24. The van der Waals surface area contributed by atoms with Crippen molar-refractivity contribution in [1.82, 2.24) is 0 Å². The normalized spacial score (nSPS) is 9.18. The maximum atomic E-state index is 5.01. The van der Waals surface area contributed by atoms with Gasteiger partial charge in [-0.3, -0.25) is 0 Å². The van der Waals surface area contributed by atoms with Crippen LogP contribution in [0.15, 0.2) is 30.9 Å². The number of ether oxygens (including phenoxy) is 1. The van der Waals surface area contributed by atoms with Gasteiger partial charge in [0.25, 0.3) is 0 Å². The number of rotatable bonds is 3. The Morgan fingerprint density at radius 2 is 2.45 bits per heavy atom. The average Bonchev–Trinajstić information content (AvgIpc) is 2.06. The zero-order valence-corrected chi connectivity index (χ0v) is 6.63. The molecule has 0 bridgehead atoms. The Morgan fingerprint density at radius 1 is 1.64 bits per heavy atom. The van der Waals surface area contributed by atoms with Gasteiger partial charge in [-0.1, -0.05) is 18.2 Å². The molecule has 0 saturated heterocycles. The minimum atomic E-state index is 0.782. The highest BCUT2D eigenvalue weighted by Gasteiger charge is 1.92. The van der Waals surface area contributed by atoms with Crippen molar-refractivity contribution in [2.75, 3.05) is 7.11 Å². The van der Waals surface area contributed by atoms with Crippen LogP contribution in [0, 0.1) is 6.07 Å². The first kappa shape index (κ1) is 7.86. The fraction of sp³-hybridized carbons (Fsp3) is 0.200. The highest BCUT2D eigenvalue weighted by molar-refractivity contribution is 5.27. The SMILES string of the molecule is C=CCc1[c]c(OC)ccc1. The van der Waals surface area contributed by atoms with Gasteiger partial charge in [0.1, 0.15) is 5.75 Å². The van der Waals surface area contributed by atoms with E-state index in [0.29, 0.717) is 0 Å². The van der Waals surface area contributed by atoms with Crippen molar-refractivity contribution in [3.8, 4) is 5.75 Å². The summed E-state index contributed by atoms with van der Waals surface area (Å²) >= 11 is 0. The minimum absolute atomic E-state index is 0.782. The lowest BCUT2D eigenvalue weighted by molar-refractivity contribution is 0.413. The van der Waals surface area contributed by atoms with Crippen molar-refractivity contribution >= 4 is 0 Å². The smallest absolute Gasteiger partial charge is 0.127 e. The first-order valence-corrected chi connectivity index (χ1v) is 3.53. The van der Waals surface area contributed by atoms with E-state index in [-0.39, 0.29) is 0 Å². The summed E-state index contributed by atoms with van der Waals surface area (Å²) in [6, 6.07) is 8.94. The number of allylic oxidation sites excluding steroid dienone is 1. The van der Waals surface area contributed by atoms with E-state index < -0.39 is 0 Å². The van der Waals surface area contributed by atoms with E-state index in [2.05, 4.69) is 12.6 Å². The fourth-order valence-corrected chi connectivity index (χ4v) is 0.887. The molecule has 1 aromatic carbocycles. The van der Waals surface area contributed by atoms with E-state index in [4.69, 9.17) is 4.74 Å². The molecule has 0 heterocycles. The molecule has 57 valence electrons. The lowest BCUT2D eigenvalue weighted by Crippen LogP contribution is -1.85. The van der Waals surface area contributed by atoms with Crippen molar-refractivity contribution in [3.63, 3.8) is 0 Å². The summed E-state index contributed by atoms with van der Waals surface area (Å²) in [7, 11) is 1.64. The molecule has 11 heavy (non-hydrogen) atoms. The Labute approximate surface area is 67.3 Å². The number of hydrogen-bond donors (Lipinski definition) is 0. The zero-order valence-electron chi connectivity index (χ0n) is 6.63. The van der Waals surface area contributed by atoms with Crippen molar-refractivity contribution in [1.29, 1.82) is 0 Å². The molecule has 0 aromatic heterocycles. The molecule has 0 aliphatic heterocycles. The molecular formula is C10H11O. The second kappa shape index (κ2) is 3.81. The summed E-state index contributed by atoms with van der Waals surface area (Å²) in [6.45, 7) is 3.65. The van der Waals surface area contributed by atoms with Gasteiger partial charge in [0.15, 0.2) is 0 Å². The lowest BCUT2D eigenvalue weighted by Gasteiger charge is -1.99. The summed E-state index contributed by atoms with van der Waals surface area (Å²) in [5, 5.41) is 0. The first-order valence-electron chi connectivity index (χ1n) is 3.53. The van der Waals surface area contributed by atoms with Gasteiger partial charge in [-0.15, -0.1) is 6.58 Å². The first-order chi connectivity index (χ1) is 5.36. The molecule has 0 fully saturated rings. The van der Waals surface area contributed by atoms with Crippen molar-refractivity contribution in [2.24, 2.45) is 0 Å². The lowest BCUT2D eigenvalue weighted by atomic mass is 10.1. The van der Waals surface area contributed by atoms with Crippen molar-refractivity contribution < 1.29 is 4.74 Å². The summed E-state index contributed by atoms with van der Waals surface area (Å²) in [6.07, 6.45) is 2.70. The van der Waals surface area contributed by atoms with Gasteiger partial charge in [0, 0.05) is 6.07 Å². The van der Waals surface area contributed by atoms with E-state index in [9.17, 15) is 0 Å². The largest absolute Gasteiger partial charge is 0.496 e. The van der Waals surface area contributed by atoms with Crippen LogP contribution >= 0.6 is 0 Å². The molecule has 1 heteroatoms. The van der Waals surface area contributed by atoms with Gasteiger partial charge >= 0.3 is 0 Å². The highest BCUT2D eigenvalue weighted by Crippen LogP contribution is 2.11. The number of benzene rings is 1. The molecule has 0 aliphatic rings. The van der Waals surface area contributed by atoms with Gasteiger partial charge < -0.3 is 4.74 Å². The topological polar surface area (TPSA) is 9.23 Å².